The van der Waals surface area contributed by atoms with Gasteiger partial charge in [-0.25, -0.2) is 0 Å². The van der Waals surface area contributed by atoms with Gasteiger partial charge in [-0.2, -0.15) is 0 Å². The predicted octanol–water partition coefficient (Wildman–Crippen LogP) is 3.32. The molecular weight excluding hydrogens is 180 g/mol. The van der Waals surface area contributed by atoms with Crippen molar-refractivity contribution in [1.29, 1.82) is 0 Å². The van der Waals surface area contributed by atoms with Crippen LogP contribution in [0.2, 0.25) is 11.1 Å². The van der Waals surface area contributed by atoms with Crippen molar-refractivity contribution in [2.24, 2.45) is 0 Å². The first-order valence-electron chi connectivity index (χ1n) is 5.10. The Morgan fingerprint density at radius 2 is 1.54 bits per heavy atom. The lowest BCUT2D eigenvalue weighted by molar-refractivity contribution is 0.206. The molecule has 2 nitrogen and oxygen atoms in total. The van der Waals surface area contributed by atoms with Crippen LogP contribution >= 0.6 is 0 Å². The second-order valence-electron chi connectivity index (χ2n) is 4.15. The molecule has 0 fully saturated rings. The molecule has 0 aromatic heterocycles. The Hall–Kier alpha value is 0.137. The maximum atomic E-state index is 5.67. The third kappa shape index (κ3) is 2.54. The minimum atomic E-state index is -1.97. The minimum Gasteiger partial charge on any atom is -0.397 e. The fourth-order valence-electron chi connectivity index (χ4n) is 2.22. The van der Waals surface area contributed by atoms with E-state index in [0.29, 0.717) is 0 Å². The largest absolute Gasteiger partial charge is 0.397 e. The van der Waals surface area contributed by atoms with Crippen LogP contribution in [-0.4, -0.2) is 22.8 Å². The van der Waals surface area contributed by atoms with E-state index < -0.39 is 8.56 Å². The molecule has 0 aromatic carbocycles. The highest BCUT2D eigenvalue weighted by atomic mass is 28.4. The second kappa shape index (κ2) is 5.13. The van der Waals surface area contributed by atoms with Crippen LogP contribution in [0.1, 0.15) is 40.5 Å². The van der Waals surface area contributed by atoms with E-state index in [1.807, 2.05) is 0 Å². The van der Waals surface area contributed by atoms with Crippen molar-refractivity contribution in [3.63, 3.8) is 0 Å². The van der Waals surface area contributed by atoms with E-state index in [1.165, 1.54) is 12.8 Å². The molecule has 3 heteroatoms. The van der Waals surface area contributed by atoms with Crippen molar-refractivity contribution < 1.29 is 8.85 Å². The molecule has 0 radical (unpaired) electrons. The van der Waals surface area contributed by atoms with Gasteiger partial charge in [-0.1, -0.05) is 34.1 Å². The van der Waals surface area contributed by atoms with Crippen molar-refractivity contribution in [2.45, 2.75) is 51.6 Å². The fraction of sp³-hybridized carbons (Fsp3) is 1.00. The van der Waals surface area contributed by atoms with E-state index in [0.717, 1.165) is 6.04 Å². The molecule has 0 heterocycles. The normalized spacial score (nSPS) is 13.4. The second-order valence-corrected chi connectivity index (χ2v) is 8.53. The molecule has 0 atom stereocenters. The average molecular weight is 204 g/mol. The van der Waals surface area contributed by atoms with Crippen molar-refractivity contribution in [2.75, 3.05) is 14.2 Å². The summed E-state index contributed by atoms with van der Waals surface area (Å²) in [5.74, 6) is 0. The molecule has 0 amide bonds. The van der Waals surface area contributed by atoms with Crippen molar-refractivity contribution in [3.8, 4) is 0 Å². The Bertz CT molecular complexity index is 134. The van der Waals surface area contributed by atoms with Gasteiger partial charge in [0.1, 0.15) is 0 Å². The van der Waals surface area contributed by atoms with Gasteiger partial charge in [0.05, 0.1) is 0 Å². The SMILES string of the molecule is CCCC(C)(C)[Si](CC)(OC)OC. The summed E-state index contributed by atoms with van der Waals surface area (Å²) in [4.78, 5) is 0. The van der Waals surface area contributed by atoms with E-state index in [-0.39, 0.29) is 5.04 Å². The Labute approximate surface area is 83.9 Å². The molecule has 0 saturated carbocycles. The van der Waals surface area contributed by atoms with Crippen molar-refractivity contribution in [3.05, 3.63) is 0 Å². The molecule has 0 bridgehead atoms. The molecule has 0 aliphatic rings. The van der Waals surface area contributed by atoms with Crippen LogP contribution in [0.15, 0.2) is 0 Å². The van der Waals surface area contributed by atoms with Crippen LogP contribution in [0.4, 0.5) is 0 Å². The van der Waals surface area contributed by atoms with Crippen molar-refractivity contribution >= 4 is 8.56 Å². The van der Waals surface area contributed by atoms with Gasteiger partial charge in [-0.15, -0.1) is 0 Å². The lowest BCUT2D eigenvalue weighted by atomic mass is 10.1. The number of rotatable bonds is 6. The van der Waals surface area contributed by atoms with Gasteiger partial charge in [0, 0.05) is 19.3 Å². The average Bonchev–Trinajstić information content (AvgIpc) is 2.07. The Morgan fingerprint density at radius 1 is 1.08 bits per heavy atom. The third-order valence-corrected chi connectivity index (χ3v) is 7.59. The first kappa shape index (κ1) is 13.1. The first-order valence-corrected chi connectivity index (χ1v) is 7.12. The monoisotopic (exact) mass is 204 g/mol. The van der Waals surface area contributed by atoms with Gasteiger partial charge >= 0.3 is 8.56 Å². The van der Waals surface area contributed by atoms with Gasteiger partial charge in [0.2, 0.25) is 0 Å². The van der Waals surface area contributed by atoms with Crippen LogP contribution in [-0.2, 0) is 8.85 Å². The summed E-state index contributed by atoms with van der Waals surface area (Å²) in [5, 5.41) is 0.208. The molecule has 0 unspecified atom stereocenters. The molecule has 0 aliphatic carbocycles. The van der Waals surface area contributed by atoms with Crippen molar-refractivity contribution in [1.82, 2.24) is 0 Å². The maximum absolute atomic E-state index is 5.67. The summed E-state index contributed by atoms with van der Waals surface area (Å²) in [6.07, 6.45) is 2.36. The van der Waals surface area contributed by atoms with Gasteiger partial charge in [0.15, 0.2) is 0 Å². The summed E-state index contributed by atoms with van der Waals surface area (Å²) in [6, 6.07) is 1.02. The Morgan fingerprint density at radius 3 is 1.77 bits per heavy atom. The van der Waals surface area contributed by atoms with Crippen LogP contribution in [0, 0.1) is 0 Å². The molecule has 0 aromatic rings. The number of hydrogen-bond acceptors (Lipinski definition) is 2. The fourth-order valence-corrected chi connectivity index (χ4v) is 5.66. The summed E-state index contributed by atoms with van der Waals surface area (Å²) in [5.41, 5.74) is 0. The Balaban J connectivity index is 4.68. The van der Waals surface area contributed by atoms with Gasteiger partial charge in [-0.3, -0.25) is 0 Å². The molecule has 0 spiro atoms. The highest BCUT2D eigenvalue weighted by molar-refractivity contribution is 6.70. The quantitative estimate of drug-likeness (QED) is 0.618. The van der Waals surface area contributed by atoms with Gasteiger partial charge < -0.3 is 8.85 Å². The van der Waals surface area contributed by atoms with E-state index in [1.54, 1.807) is 14.2 Å². The molecule has 0 N–H and O–H groups in total. The lowest BCUT2D eigenvalue weighted by Gasteiger charge is -2.40. The zero-order valence-electron chi connectivity index (χ0n) is 9.94. The zero-order chi connectivity index (χ0) is 10.5. The number of hydrogen-bond donors (Lipinski definition) is 0. The summed E-state index contributed by atoms with van der Waals surface area (Å²) < 4.78 is 11.3. The standard InChI is InChI=1S/C10H24O2Si/c1-7-9-10(3,4)13(8-2,11-5)12-6/h7-9H2,1-6H3. The zero-order valence-corrected chi connectivity index (χ0v) is 10.9. The minimum absolute atomic E-state index is 0.208. The van der Waals surface area contributed by atoms with E-state index in [9.17, 15) is 0 Å². The van der Waals surface area contributed by atoms with E-state index in [2.05, 4.69) is 27.7 Å². The molecule has 80 valence electrons. The smallest absolute Gasteiger partial charge is 0.343 e. The Kier molecular flexibility index (Phi) is 5.18. The van der Waals surface area contributed by atoms with E-state index in [4.69, 9.17) is 8.85 Å². The predicted molar refractivity (Wildman–Crippen MR) is 59.2 cm³/mol. The summed E-state index contributed by atoms with van der Waals surface area (Å²) in [6.45, 7) is 8.90. The van der Waals surface area contributed by atoms with Crippen LogP contribution in [0.3, 0.4) is 0 Å². The molecule has 0 saturated heterocycles. The van der Waals surface area contributed by atoms with Gasteiger partial charge in [0.25, 0.3) is 0 Å². The van der Waals surface area contributed by atoms with Crippen LogP contribution in [0.5, 0.6) is 0 Å². The van der Waals surface area contributed by atoms with E-state index >= 15 is 0 Å². The summed E-state index contributed by atoms with van der Waals surface area (Å²) in [7, 11) is 1.61. The van der Waals surface area contributed by atoms with Crippen LogP contribution in [0.25, 0.3) is 0 Å². The highest BCUT2D eigenvalue weighted by Gasteiger charge is 2.48. The first-order chi connectivity index (χ1) is 5.99. The maximum Gasteiger partial charge on any atom is 0.343 e. The molecular formula is C10H24O2Si. The molecule has 0 aliphatic heterocycles. The topological polar surface area (TPSA) is 18.5 Å². The van der Waals surface area contributed by atoms with Crippen LogP contribution < -0.4 is 0 Å². The lowest BCUT2D eigenvalue weighted by Crippen LogP contribution is -2.49. The third-order valence-electron chi connectivity index (χ3n) is 3.03. The van der Waals surface area contributed by atoms with Gasteiger partial charge in [-0.05, 0) is 12.5 Å². The molecule has 13 heavy (non-hydrogen) atoms. The summed E-state index contributed by atoms with van der Waals surface area (Å²) >= 11 is 0. The molecule has 0 rings (SSSR count). The highest BCUT2D eigenvalue weighted by Crippen LogP contribution is 2.44.